The zero-order valence-corrected chi connectivity index (χ0v) is 14.3. The number of nitrogens with one attached hydrogen (secondary N) is 2. The Kier molecular flexibility index (Phi) is 6.79. The average Bonchev–Trinajstić information content (AvgIpc) is 2.58. The lowest BCUT2D eigenvalue weighted by Crippen LogP contribution is -2.08. The van der Waals surface area contributed by atoms with E-state index in [0.717, 1.165) is 11.4 Å². The summed E-state index contributed by atoms with van der Waals surface area (Å²) in [5, 5.41) is 1.04. The Morgan fingerprint density at radius 3 is 1.83 bits per heavy atom. The molecule has 0 fully saturated rings. The van der Waals surface area contributed by atoms with Crippen molar-refractivity contribution in [2.75, 3.05) is 10.9 Å². The van der Waals surface area contributed by atoms with Crippen LogP contribution in [0.4, 0.5) is 11.4 Å². The molecule has 0 bridgehead atoms. The van der Waals surface area contributed by atoms with Gasteiger partial charge in [-0.3, -0.25) is 5.43 Å². The topological polar surface area (TPSA) is 24.1 Å². The summed E-state index contributed by atoms with van der Waals surface area (Å²) in [6, 6.07) is 25.4. The van der Waals surface area contributed by atoms with Crippen LogP contribution in [0.2, 0.25) is 10.0 Å². The first-order valence-corrected chi connectivity index (χ1v) is 7.95. The third kappa shape index (κ3) is 5.85. The van der Waals surface area contributed by atoms with Crippen LogP contribution >= 0.6 is 23.2 Å². The summed E-state index contributed by atoms with van der Waals surface area (Å²) in [4.78, 5) is 0. The minimum absolute atomic E-state index is 0.507. The predicted octanol–water partition coefficient (Wildman–Crippen LogP) is 6.43. The van der Waals surface area contributed by atoms with E-state index in [1.807, 2.05) is 60.7 Å². The fraction of sp³-hybridized carbons (Fsp3) is 0.0526. The Hall–Kier alpha value is -2.16. The van der Waals surface area contributed by atoms with Crippen molar-refractivity contribution in [1.29, 1.82) is 0 Å². The Morgan fingerprint density at radius 1 is 0.652 bits per heavy atom. The molecular formula is C19H18Cl2N2. The molecule has 0 atom stereocenters. The molecule has 0 heterocycles. The largest absolute Gasteiger partial charge is 0.301 e. The molecule has 2 nitrogen and oxygen atoms in total. The molecule has 0 saturated carbocycles. The average molecular weight is 345 g/mol. The summed E-state index contributed by atoms with van der Waals surface area (Å²) in [6.45, 7) is 2.08. The lowest BCUT2D eigenvalue weighted by Gasteiger charge is -2.11. The quantitative estimate of drug-likeness (QED) is 0.535. The van der Waals surface area contributed by atoms with E-state index >= 15 is 0 Å². The fourth-order valence-electron chi connectivity index (χ4n) is 1.80. The van der Waals surface area contributed by atoms with Crippen molar-refractivity contribution in [2.24, 2.45) is 0 Å². The maximum atomic E-state index is 6.03. The third-order valence-corrected chi connectivity index (χ3v) is 3.83. The van der Waals surface area contributed by atoms with Gasteiger partial charge in [0.1, 0.15) is 0 Å². The van der Waals surface area contributed by atoms with Gasteiger partial charge in [0.2, 0.25) is 0 Å². The van der Waals surface area contributed by atoms with Gasteiger partial charge in [0.15, 0.2) is 0 Å². The van der Waals surface area contributed by atoms with Crippen molar-refractivity contribution < 1.29 is 0 Å². The molecule has 3 aromatic carbocycles. The second-order valence-corrected chi connectivity index (χ2v) is 5.66. The number of benzene rings is 3. The summed E-state index contributed by atoms with van der Waals surface area (Å²) in [7, 11) is 0. The molecule has 23 heavy (non-hydrogen) atoms. The molecule has 2 N–H and O–H groups in total. The highest BCUT2D eigenvalue weighted by Crippen LogP contribution is 2.29. The molecule has 4 heteroatoms. The summed E-state index contributed by atoms with van der Waals surface area (Å²) >= 11 is 11.9. The molecule has 0 aliphatic carbocycles. The van der Waals surface area contributed by atoms with Gasteiger partial charge in [0.05, 0.1) is 21.4 Å². The molecule has 0 aromatic heterocycles. The number of halogens is 2. The molecule has 3 rings (SSSR count). The summed E-state index contributed by atoms with van der Waals surface area (Å²) < 4.78 is 0. The van der Waals surface area contributed by atoms with Crippen molar-refractivity contribution in [2.45, 2.75) is 6.92 Å². The van der Waals surface area contributed by atoms with Crippen molar-refractivity contribution in [3.63, 3.8) is 0 Å². The SMILES string of the molecule is Cc1ccccc1.Clc1cccc(NNc2ccccc2)c1Cl. The number of hydrazine groups is 1. The van der Waals surface area contributed by atoms with Gasteiger partial charge in [0.25, 0.3) is 0 Å². The van der Waals surface area contributed by atoms with Gasteiger partial charge < -0.3 is 5.43 Å². The first-order valence-electron chi connectivity index (χ1n) is 7.19. The van der Waals surface area contributed by atoms with Crippen molar-refractivity contribution in [3.8, 4) is 0 Å². The Balaban J connectivity index is 0.000000229. The van der Waals surface area contributed by atoms with Gasteiger partial charge in [-0.1, -0.05) is 83.4 Å². The molecule has 0 unspecified atom stereocenters. The lowest BCUT2D eigenvalue weighted by atomic mass is 10.2. The number of para-hydroxylation sites is 1. The Bertz CT molecular complexity index is 716. The number of aryl methyl sites for hydroxylation is 1. The number of rotatable bonds is 3. The second kappa shape index (κ2) is 9.09. The monoisotopic (exact) mass is 344 g/mol. The van der Waals surface area contributed by atoms with Crippen molar-refractivity contribution in [3.05, 3.63) is 94.5 Å². The molecule has 0 radical (unpaired) electrons. The van der Waals surface area contributed by atoms with Gasteiger partial charge in [-0.15, -0.1) is 0 Å². The first kappa shape index (κ1) is 17.2. The van der Waals surface area contributed by atoms with Crippen LogP contribution in [-0.2, 0) is 0 Å². The fourth-order valence-corrected chi connectivity index (χ4v) is 2.14. The molecule has 3 aromatic rings. The molecule has 0 aliphatic heterocycles. The maximum absolute atomic E-state index is 6.03. The van der Waals surface area contributed by atoms with Gasteiger partial charge in [0, 0.05) is 0 Å². The van der Waals surface area contributed by atoms with Crippen LogP contribution in [0.1, 0.15) is 5.56 Å². The maximum Gasteiger partial charge on any atom is 0.0841 e. The van der Waals surface area contributed by atoms with Crippen LogP contribution in [0, 0.1) is 6.92 Å². The zero-order valence-electron chi connectivity index (χ0n) is 12.8. The van der Waals surface area contributed by atoms with E-state index in [2.05, 4.69) is 29.9 Å². The predicted molar refractivity (Wildman–Crippen MR) is 101 cm³/mol. The second-order valence-electron chi connectivity index (χ2n) is 4.87. The number of anilines is 2. The molecular weight excluding hydrogens is 327 g/mol. The number of hydrogen-bond donors (Lipinski definition) is 2. The van der Waals surface area contributed by atoms with Crippen LogP contribution < -0.4 is 10.9 Å². The minimum Gasteiger partial charge on any atom is -0.301 e. The molecule has 0 spiro atoms. The van der Waals surface area contributed by atoms with E-state index in [1.165, 1.54) is 5.56 Å². The third-order valence-electron chi connectivity index (χ3n) is 3.01. The summed E-state index contributed by atoms with van der Waals surface area (Å²) in [5.74, 6) is 0. The highest BCUT2D eigenvalue weighted by atomic mass is 35.5. The molecule has 0 amide bonds. The van der Waals surface area contributed by atoms with Crippen molar-refractivity contribution >= 4 is 34.6 Å². The normalized spacial score (nSPS) is 9.52. The van der Waals surface area contributed by atoms with E-state index in [1.54, 1.807) is 6.07 Å². The first-order chi connectivity index (χ1) is 11.2. The Labute approximate surface area is 147 Å². The van der Waals surface area contributed by atoms with Gasteiger partial charge in [-0.2, -0.15) is 0 Å². The molecule has 0 saturated heterocycles. The highest BCUT2D eigenvalue weighted by Gasteiger charge is 2.02. The van der Waals surface area contributed by atoms with Crippen LogP contribution in [0.5, 0.6) is 0 Å². The van der Waals surface area contributed by atoms with Crippen LogP contribution in [0.3, 0.4) is 0 Å². The van der Waals surface area contributed by atoms with Crippen LogP contribution in [-0.4, -0.2) is 0 Å². The standard InChI is InChI=1S/C12H10Cl2N2.C7H8/c13-10-7-4-8-11(12(10)14)16-15-9-5-2-1-3-6-9;1-7-5-3-2-4-6-7/h1-8,15-16H;2-6H,1H3. The smallest absolute Gasteiger partial charge is 0.0841 e. The van der Waals surface area contributed by atoms with E-state index in [9.17, 15) is 0 Å². The van der Waals surface area contributed by atoms with Crippen LogP contribution in [0.15, 0.2) is 78.9 Å². The highest BCUT2D eigenvalue weighted by molar-refractivity contribution is 6.43. The van der Waals surface area contributed by atoms with Crippen LogP contribution in [0.25, 0.3) is 0 Å². The molecule has 0 aliphatic rings. The Morgan fingerprint density at radius 2 is 1.26 bits per heavy atom. The minimum atomic E-state index is 0.507. The van der Waals surface area contributed by atoms with E-state index in [4.69, 9.17) is 23.2 Å². The van der Waals surface area contributed by atoms with E-state index < -0.39 is 0 Å². The van der Waals surface area contributed by atoms with Gasteiger partial charge in [-0.05, 0) is 31.2 Å². The lowest BCUT2D eigenvalue weighted by molar-refractivity contribution is 1.41. The van der Waals surface area contributed by atoms with Gasteiger partial charge >= 0.3 is 0 Å². The van der Waals surface area contributed by atoms with Gasteiger partial charge in [-0.25, -0.2) is 0 Å². The number of hydrogen-bond acceptors (Lipinski definition) is 2. The molecule has 118 valence electrons. The van der Waals surface area contributed by atoms with E-state index in [-0.39, 0.29) is 0 Å². The van der Waals surface area contributed by atoms with Crippen molar-refractivity contribution in [1.82, 2.24) is 0 Å². The summed E-state index contributed by atoms with van der Waals surface area (Å²) in [5.41, 5.74) is 9.07. The van der Waals surface area contributed by atoms with E-state index in [0.29, 0.717) is 10.0 Å². The zero-order chi connectivity index (χ0) is 16.5. The summed E-state index contributed by atoms with van der Waals surface area (Å²) in [6.07, 6.45) is 0.